The molecule has 0 aliphatic heterocycles. The maximum absolute atomic E-state index is 12.9. The number of amides is 1. The second-order valence-electron chi connectivity index (χ2n) is 5.73. The number of halogens is 1. The van der Waals surface area contributed by atoms with Gasteiger partial charge in [0.2, 0.25) is 0 Å². The van der Waals surface area contributed by atoms with E-state index in [0.717, 1.165) is 34.4 Å². The molecule has 2 aromatic rings. The van der Waals surface area contributed by atoms with Crippen molar-refractivity contribution in [3.8, 4) is 11.5 Å². The minimum absolute atomic E-state index is 0.0100. The Kier molecular flexibility index (Phi) is 5.04. The van der Waals surface area contributed by atoms with Crippen molar-refractivity contribution in [3.05, 3.63) is 52.3 Å². The van der Waals surface area contributed by atoms with E-state index in [1.165, 1.54) is 0 Å². The fraction of sp³-hybridized carbons (Fsp3) is 0.333. The van der Waals surface area contributed by atoms with Gasteiger partial charge < -0.3 is 14.4 Å². The third-order valence-corrected chi connectivity index (χ3v) is 4.47. The summed E-state index contributed by atoms with van der Waals surface area (Å²) in [6.07, 6.45) is 5.34. The lowest BCUT2D eigenvalue weighted by atomic mass is 10.1. The van der Waals surface area contributed by atoms with Gasteiger partial charge in [-0.2, -0.15) is 0 Å². The molecule has 0 saturated heterocycles. The van der Waals surface area contributed by atoms with Crippen LogP contribution in [-0.2, 0) is 6.54 Å². The van der Waals surface area contributed by atoms with E-state index >= 15 is 0 Å². The second-order valence-corrected chi connectivity index (χ2v) is 6.65. The van der Waals surface area contributed by atoms with E-state index in [0.29, 0.717) is 12.1 Å². The third kappa shape index (κ3) is 3.70. The van der Waals surface area contributed by atoms with Crippen LogP contribution in [0.4, 0.5) is 0 Å². The Labute approximate surface area is 149 Å². The van der Waals surface area contributed by atoms with Crippen LogP contribution < -0.4 is 9.47 Å². The molecule has 0 atom stereocenters. The summed E-state index contributed by atoms with van der Waals surface area (Å²) in [7, 11) is 3.24. The van der Waals surface area contributed by atoms with Gasteiger partial charge in [0.05, 0.1) is 19.8 Å². The Hall–Kier alpha value is -2.08. The summed E-state index contributed by atoms with van der Waals surface area (Å²) < 4.78 is 11.5. The zero-order chi connectivity index (χ0) is 17.1. The van der Waals surface area contributed by atoms with E-state index in [1.54, 1.807) is 32.7 Å². The zero-order valence-electron chi connectivity index (χ0n) is 13.7. The molecule has 1 aromatic carbocycles. The van der Waals surface area contributed by atoms with Crippen LogP contribution in [0, 0.1) is 0 Å². The second kappa shape index (κ2) is 7.21. The fourth-order valence-electron chi connectivity index (χ4n) is 2.61. The molecule has 5 nitrogen and oxygen atoms in total. The average molecular weight is 391 g/mol. The van der Waals surface area contributed by atoms with E-state index in [2.05, 4.69) is 20.9 Å². The molecule has 0 N–H and O–H groups in total. The molecule has 1 aliphatic carbocycles. The van der Waals surface area contributed by atoms with Gasteiger partial charge in [-0.1, -0.05) is 0 Å². The molecular formula is C18H19BrN2O3. The van der Waals surface area contributed by atoms with Crippen molar-refractivity contribution in [1.29, 1.82) is 0 Å². The minimum Gasteiger partial charge on any atom is -0.497 e. The van der Waals surface area contributed by atoms with Crippen LogP contribution in [0.1, 0.15) is 28.8 Å². The van der Waals surface area contributed by atoms with Crippen LogP contribution in [0.15, 0.2) is 41.1 Å². The van der Waals surface area contributed by atoms with Crippen molar-refractivity contribution in [3.63, 3.8) is 0 Å². The molecule has 6 heteroatoms. The lowest BCUT2D eigenvalue weighted by Gasteiger charge is -2.24. The first-order chi connectivity index (χ1) is 11.6. The number of hydrogen-bond acceptors (Lipinski definition) is 4. The van der Waals surface area contributed by atoms with Gasteiger partial charge in [0, 0.05) is 41.1 Å². The van der Waals surface area contributed by atoms with Crippen molar-refractivity contribution in [2.45, 2.75) is 25.4 Å². The number of aromatic nitrogens is 1. The van der Waals surface area contributed by atoms with Crippen molar-refractivity contribution in [2.24, 2.45) is 0 Å². The zero-order valence-corrected chi connectivity index (χ0v) is 15.2. The van der Waals surface area contributed by atoms with Gasteiger partial charge >= 0.3 is 0 Å². The number of rotatable bonds is 6. The van der Waals surface area contributed by atoms with Crippen LogP contribution in [0.25, 0.3) is 0 Å². The quantitative estimate of drug-likeness (QED) is 0.754. The van der Waals surface area contributed by atoms with Crippen molar-refractivity contribution in [2.75, 3.05) is 14.2 Å². The Balaban J connectivity index is 1.86. The average Bonchev–Trinajstić information content (AvgIpc) is 3.44. The summed E-state index contributed by atoms with van der Waals surface area (Å²) >= 11 is 3.37. The molecule has 0 spiro atoms. The molecule has 1 amide bonds. The SMILES string of the molecule is COc1ccc(CN(C(=O)c2cncc(Br)c2)C2CC2)c(OC)c1. The Morgan fingerprint density at radius 1 is 1.25 bits per heavy atom. The van der Waals surface area contributed by atoms with E-state index in [1.807, 2.05) is 23.1 Å². The highest BCUT2D eigenvalue weighted by molar-refractivity contribution is 9.10. The highest BCUT2D eigenvalue weighted by Crippen LogP contribution is 2.33. The largest absolute Gasteiger partial charge is 0.497 e. The molecule has 24 heavy (non-hydrogen) atoms. The van der Waals surface area contributed by atoms with Gasteiger partial charge in [-0.25, -0.2) is 0 Å². The fourth-order valence-corrected chi connectivity index (χ4v) is 2.98. The summed E-state index contributed by atoms with van der Waals surface area (Å²) in [4.78, 5) is 18.9. The van der Waals surface area contributed by atoms with Gasteiger partial charge in [0.1, 0.15) is 11.5 Å². The maximum atomic E-state index is 12.9. The monoisotopic (exact) mass is 390 g/mol. The summed E-state index contributed by atoms with van der Waals surface area (Å²) in [6.45, 7) is 0.503. The van der Waals surface area contributed by atoms with Crippen LogP contribution in [0.3, 0.4) is 0 Å². The maximum Gasteiger partial charge on any atom is 0.256 e. The normalized spacial score (nSPS) is 13.5. The lowest BCUT2D eigenvalue weighted by Crippen LogP contribution is -2.32. The summed E-state index contributed by atoms with van der Waals surface area (Å²) in [5.74, 6) is 1.44. The molecule has 1 aromatic heterocycles. The van der Waals surface area contributed by atoms with Gasteiger partial charge in [-0.3, -0.25) is 9.78 Å². The number of carbonyl (C=O) groups is 1. The number of methoxy groups -OCH3 is 2. The van der Waals surface area contributed by atoms with E-state index in [4.69, 9.17) is 9.47 Å². The number of nitrogens with zero attached hydrogens (tertiary/aromatic N) is 2. The molecule has 0 radical (unpaired) electrons. The van der Waals surface area contributed by atoms with Crippen LogP contribution in [0.5, 0.6) is 11.5 Å². The Morgan fingerprint density at radius 2 is 2.04 bits per heavy atom. The molecule has 0 bridgehead atoms. The topological polar surface area (TPSA) is 51.7 Å². The van der Waals surface area contributed by atoms with Crippen LogP contribution in [0.2, 0.25) is 0 Å². The van der Waals surface area contributed by atoms with Gasteiger partial charge in [-0.05, 0) is 47.0 Å². The molecule has 1 heterocycles. The highest BCUT2D eigenvalue weighted by Gasteiger charge is 2.33. The number of benzene rings is 1. The third-order valence-electron chi connectivity index (χ3n) is 4.04. The van der Waals surface area contributed by atoms with Gasteiger partial charge in [-0.15, -0.1) is 0 Å². The molecule has 1 aliphatic rings. The number of hydrogen-bond donors (Lipinski definition) is 0. The minimum atomic E-state index is -0.0100. The number of pyridine rings is 1. The van der Waals surface area contributed by atoms with Gasteiger partial charge in [0.15, 0.2) is 0 Å². The Morgan fingerprint density at radius 3 is 2.67 bits per heavy atom. The van der Waals surface area contributed by atoms with Crippen molar-refractivity contribution in [1.82, 2.24) is 9.88 Å². The predicted molar refractivity (Wildman–Crippen MR) is 94.4 cm³/mol. The smallest absolute Gasteiger partial charge is 0.256 e. The van der Waals surface area contributed by atoms with E-state index in [9.17, 15) is 4.79 Å². The summed E-state index contributed by atoms with van der Waals surface area (Å²) in [6, 6.07) is 7.75. The molecule has 1 fully saturated rings. The predicted octanol–water partition coefficient (Wildman–Crippen LogP) is 3.67. The van der Waals surface area contributed by atoms with Crippen LogP contribution >= 0.6 is 15.9 Å². The number of carbonyl (C=O) groups excluding carboxylic acids is 1. The van der Waals surface area contributed by atoms with Gasteiger partial charge in [0.25, 0.3) is 5.91 Å². The highest BCUT2D eigenvalue weighted by atomic mass is 79.9. The molecule has 0 unspecified atom stereocenters. The molecule has 3 rings (SSSR count). The Bertz CT molecular complexity index is 747. The first-order valence-corrected chi connectivity index (χ1v) is 8.54. The van der Waals surface area contributed by atoms with E-state index in [-0.39, 0.29) is 11.9 Å². The lowest BCUT2D eigenvalue weighted by molar-refractivity contribution is 0.0728. The molecule has 126 valence electrons. The molecule has 1 saturated carbocycles. The first kappa shape index (κ1) is 16.8. The van der Waals surface area contributed by atoms with Crippen molar-refractivity contribution >= 4 is 21.8 Å². The van der Waals surface area contributed by atoms with E-state index < -0.39 is 0 Å². The molecular weight excluding hydrogens is 372 g/mol. The summed E-state index contributed by atoms with van der Waals surface area (Å²) in [5.41, 5.74) is 1.55. The first-order valence-electron chi connectivity index (χ1n) is 7.75. The number of ether oxygens (including phenoxy) is 2. The van der Waals surface area contributed by atoms with Crippen LogP contribution in [-0.4, -0.2) is 36.1 Å². The van der Waals surface area contributed by atoms with Crippen molar-refractivity contribution < 1.29 is 14.3 Å². The standard InChI is InChI=1S/C18H19BrN2O3/c1-23-16-6-3-12(17(8-16)24-2)11-21(15-4-5-15)18(22)13-7-14(19)10-20-9-13/h3,6-10,15H,4-5,11H2,1-2H3. The summed E-state index contributed by atoms with van der Waals surface area (Å²) in [5, 5.41) is 0.